The number of ether oxygens (including phenoxy) is 1. The summed E-state index contributed by atoms with van der Waals surface area (Å²) in [6.45, 7) is 7.62. The number of nitrogens with zero attached hydrogens (tertiary/aromatic N) is 4. The van der Waals surface area contributed by atoms with Gasteiger partial charge in [0.05, 0.1) is 35.4 Å². The average molecular weight is 658 g/mol. The molecule has 2 aromatic carbocycles. The number of likely N-dealkylation sites (tertiary alicyclic amines) is 1. The summed E-state index contributed by atoms with van der Waals surface area (Å²) in [6, 6.07) is 7.56. The summed E-state index contributed by atoms with van der Waals surface area (Å²) in [7, 11) is 1.01. The highest BCUT2D eigenvalue weighted by molar-refractivity contribution is 7.70. The predicted molar refractivity (Wildman–Crippen MR) is 180 cm³/mol. The maximum atomic E-state index is 13.4. The van der Waals surface area contributed by atoms with Gasteiger partial charge >= 0.3 is 0 Å². The molecule has 3 aromatic rings. The van der Waals surface area contributed by atoms with E-state index in [0.29, 0.717) is 57.1 Å². The van der Waals surface area contributed by atoms with Crippen molar-refractivity contribution in [1.29, 1.82) is 0 Å². The molecule has 0 saturated carbocycles. The van der Waals surface area contributed by atoms with Gasteiger partial charge < -0.3 is 29.7 Å². The third-order valence-corrected chi connectivity index (χ3v) is 11.5. The first kappa shape index (κ1) is 31.2. The highest BCUT2D eigenvalue weighted by atomic mass is 35.5. The first-order valence-electron chi connectivity index (χ1n) is 15.1. The summed E-state index contributed by atoms with van der Waals surface area (Å²) in [5, 5.41) is 7.89. The largest absolute Gasteiger partial charge is 0.494 e. The van der Waals surface area contributed by atoms with Gasteiger partial charge in [0.25, 0.3) is 0 Å². The van der Waals surface area contributed by atoms with E-state index in [4.69, 9.17) is 27.9 Å². The van der Waals surface area contributed by atoms with Gasteiger partial charge in [0.2, 0.25) is 5.95 Å². The molecular weight excluding hydrogens is 618 g/mol. The molecule has 9 nitrogen and oxygen atoms in total. The van der Waals surface area contributed by atoms with Crippen LogP contribution in [-0.4, -0.2) is 74.3 Å². The molecule has 0 radical (unpaired) electrons. The number of methoxy groups -OCH3 is 1. The number of piperidine rings is 2. The molecule has 0 unspecified atom stereocenters. The van der Waals surface area contributed by atoms with Crippen molar-refractivity contribution in [3.63, 3.8) is 0 Å². The fraction of sp³-hybridized carbons (Fsp3) is 0.469. The number of rotatable bonds is 7. The summed E-state index contributed by atoms with van der Waals surface area (Å²) in [5.41, 5.74) is 4.05. The molecule has 1 aliphatic carbocycles. The summed E-state index contributed by atoms with van der Waals surface area (Å²) >= 11 is 13.4. The van der Waals surface area contributed by atoms with Crippen LogP contribution in [0.25, 0.3) is 0 Å². The van der Waals surface area contributed by atoms with Crippen LogP contribution < -0.4 is 25.6 Å². The monoisotopic (exact) mass is 656 g/mol. The lowest BCUT2D eigenvalue weighted by Gasteiger charge is -2.47. The summed E-state index contributed by atoms with van der Waals surface area (Å²) in [4.78, 5) is 26.5. The van der Waals surface area contributed by atoms with Gasteiger partial charge in [0, 0.05) is 36.4 Å². The van der Waals surface area contributed by atoms with Crippen LogP contribution in [0.5, 0.6) is 5.75 Å². The number of benzene rings is 2. The molecule has 0 amide bonds. The minimum absolute atomic E-state index is 0.0111. The highest BCUT2D eigenvalue weighted by Gasteiger charge is 2.37. The van der Waals surface area contributed by atoms with Crippen LogP contribution in [-0.2, 0) is 11.0 Å². The minimum atomic E-state index is -2.82. The summed E-state index contributed by atoms with van der Waals surface area (Å²) < 4.78 is 19.1. The number of halogens is 2. The van der Waals surface area contributed by atoms with Crippen LogP contribution in [0.4, 0.5) is 28.8 Å². The number of carbonyl (C=O) groups excluding carboxylic acids is 1. The van der Waals surface area contributed by atoms with E-state index in [1.807, 2.05) is 24.3 Å². The van der Waals surface area contributed by atoms with Crippen molar-refractivity contribution in [2.45, 2.75) is 38.5 Å². The predicted octanol–water partition coefficient (Wildman–Crippen LogP) is 6.97. The average Bonchev–Trinajstić information content (AvgIpc) is 3.37. The number of ketones is 1. The van der Waals surface area contributed by atoms with Gasteiger partial charge in [0.15, 0.2) is 11.6 Å². The molecule has 44 heavy (non-hydrogen) atoms. The first-order chi connectivity index (χ1) is 21.0. The van der Waals surface area contributed by atoms with E-state index in [-0.39, 0.29) is 16.8 Å². The SMILES string of the molecule is COc1cc(N2CCC3(CCN(C)CC3)CC2)c(Cl)cc1Nc1ncc(Cl)c(Nc2ccc3c(c2P(C)(C)=O)C(=O)CC3)n1. The van der Waals surface area contributed by atoms with Gasteiger partial charge in [0.1, 0.15) is 17.9 Å². The van der Waals surface area contributed by atoms with Crippen molar-refractivity contribution >= 4 is 70.3 Å². The van der Waals surface area contributed by atoms with Crippen molar-refractivity contribution < 1.29 is 14.1 Å². The lowest BCUT2D eigenvalue weighted by molar-refractivity contribution is 0.0945. The standard InChI is InChI=1S/C32H39Cl2N6O3P/c1-39-13-9-32(10-14-39)11-15-40(16-12-32)25-18-27(43-2)24(17-21(25)33)37-31-35-19-22(34)30(38-31)36-23-7-5-20-6-8-26(41)28(20)29(23)44(3,4)42/h5,7,17-19H,6,8-16H2,1-4H3,(H2,35,36,37,38). The van der Waals surface area contributed by atoms with E-state index in [1.54, 1.807) is 20.4 Å². The molecule has 2 fully saturated rings. The Morgan fingerprint density at radius 1 is 0.955 bits per heavy atom. The Balaban J connectivity index is 1.23. The number of hydrogen-bond acceptors (Lipinski definition) is 9. The third kappa shape index (κ3) is 6.17. The zero-order valence-electron chi connectivity index (χ0n) is 25.7. The molecule has 3 aliphatic rings. The zero-order valence-corrected chi connectivity index (χ0v) is 28.1. The van der Waals surface area contributed by atoms with Crippen LogP contribution in [0.15, 0.2) is 30.5 Å². The van der Waals surface area contributed by atoms with E-state index in [1.165, 1.54) is 45.0 Å². The van der Waals surface area contributed by atoms with Gasteiger partial charge in [-0.05, 0) is 88.7 Å². The highest BCUT2D eigenvalue weighted by Crippen LogP contribution is 2.45. The number of aromatic nitrogens is 2. The fourth-order valence-corrected chi connectivity index (χ4v) is 8.75. The Bertz CT molecular complexity index is 1640. The molecule has 2 aliphatic heterocycles. The normalized spacial score (nSPS) is 18.4. The molecular formula is C32H39Cl2N6O3P. The third-order valence-electron chi connectivity index (χ3n) is 9.43. The van der Waals surface area contributed by atoms with Crippen LogP contribution in [0.3, 0.4) is 0 Å². The van der Waals surface area contributed by atoms with Gasteiger partial charge in [-0.2, -0.15) is 4.98 Å². The van der Waals surface area contributed by atoms with E-state index in [0.717, 1.165) is 24.3 Å². The topological polar surface area (TPSA) is 99.7 Å². The molecule has 2 N–H and O–H groups in total. The van der Waals surface area contributed by atoms with Crippen molar-refractivity contribution in [3.8, 4) is 5.75 Å². The number of aryl methyl sites for hydroxylation is 1. The number of hydrogen-bond donors (Lipinski definition) is 2. The lowest BCUT2D eigenvalue weighted by Crippen LogP contribution is -2.46. The van der Waals surface area contributed by atoms with E-state index < -0.39 is 7.14 Å². The van der Waals surface area contributed by atoms with Crippen LogP contribution in [0.1, 0.15) is 48.0 Å². The van der Waals surface area contributed by atoms with Crippen LogP contribution in [0.2, 0.25) is 10.0 Å². The number of nitrogens with one attached hydrogen (secondary N) is 2. The number of anilines is 5. The summed E-state index contributed by atoms with van der Waals surface area (Å²) in [5.74, 6) is 1.23. The molecule has 1 spiro atoms. The maximum Gasteiger partial charge on any atom is 0.229 e. The molecule has 3 heterocycles. The Morgan fingerprint density at radius 3 is 2.34 bits per heavy atom. The van der Waals surface area contributed by atoms with E-state index in [9.17, 15) is 9.36 Å². The van der Waals surface area contributed by atoms with E-state index in [2.05, 4.69) is 37.4 Å². The smallest absolute Gasteiger partial charge is 0.229 e. The van der Waals surface area contributed by atoms with Crippen LogP contribution in [0, 0.1) is 5.41 Å². The second-order valence-electron chi connectivity index (χ2n) is 12.7. The molecule has 6 rings (SSSR count). The Morgan fingerprint density at radius 2 is 1.66 bits per heavy atom. The molecule has 12 heteroatoms. The first-order valence-corrected chi connectivity index (χ1v) is 18.4. The molecule has 2 saturated heterocycles. The zero-order chi connectivity index (χ0) is 31.2. The van der Waals surface area contributed by atoms with Crippen molar-refractivity contribution in [2.24, 2.45) is 5.41 Å². The Labute approximate surface area is 269 Å². The number of Topliss-reactive ketones (excluding diaryl/α,β-unsaturated/α-hetero) is 1. The second-order valence-corrected chi connectivity index (χ2v) is 16.7. The Kier molecular flexibility index (Phi) is 8.61. The minimum Gasteiger partial charge on any atom is -0.494 e. The lowest BCUT2D eigenvalue weighted by atomic mass is 9.71. The van der Waals surface area contributed by atoms with Crippen LogP contribution >= 0.6 is 30.3 Å². The fourth-order valence-electron chi connectivity index (χ4n) is 6.82. The molecule has 0 bridgehead atoms. The quantitative estimate of drug-likeness (QED) is 0.261. The van der Waals surface area contributed by atoms with Gasteiger partial charge in [-0.3, -0.25) is 4.79 Å². The Hall–Kier alpha value is -2.84. The molecule has 1 aromatic heterocycles. The van der Waals surface area contributed by atoms with Gasteiger partial charge in [-0.15, -0.1) is 0 Å². The number of fused-ring (bicyclic) bond motifs is 1. The number of carbonyl (C=O) groups is 1. The van der Waals surface area contributed by atoms with Crippen molar-refractivity contribution in [1.82, 2.24) is 14.9 Å². The van der Waals surface area contributed by atoms with Crippen molar-refractivity contribution in [2.75, 3.05) is 69.2 Å². The van der Waals surface area contributed by atoms with E-state index >= 15 is 0 Å². The molecule has 0 atom stereocenters. The van der Waals surface area contributed by atoms with Gasteiger partial charge in [-0.1, -0.05) is 29.3 Å². The second kappa shape index (κ2) is 12.2. The summed E-state index contributed by atoms with van der Waals surface area (Å²) in [6.07, 6.45) is 7.43. The maximum absolute atomic E-state index is 13.4. The van der Waals surface area contributed by atoms with Crippen molar-refractivity contribution in [3.05, 3.63) is 51.6 Å². The molecule has 234 valence electrons. The van der Waals surface area contributed by atoms with Gasteiger partial charge in [-0.25, -0.2) is 4.98 Å².